The van der Waals surface area contributed by atoms with Crippen LogP contribution in [0.5, 0.6) is 5.75 Å². The Labute approximate surface area is 129 Å². The molecule has 0 radical (unpaired) electrons. The molecule has 1 fully saturated rings. The maximum Gasteiger partial charge on any atom is 0.573 e. The highest BCUT2D eigenvalue weighted by atomic mass is 79.9. The van der Waals surface area contributed by atoms with Crippen molar-refractivity contribution in [3.05, 3.63) is 22.7 Å². The van der Waals surface area contributed by atoms with Crippen LogP contribution in [-0.2, 0) is 4.74 Å². The Morgan fingerprint density at radius 2 is 2.00 bits per heavy atom. The number of ether oxygens (including phenoxy) is 2. The van der Waals surface area contributed by atoms with Gasteiger partial charge in [-0.3, -0.25) is 4.90 Å². The van der Waals surface area contributed by atoms with Gasteiger partial charge in [-0.25, -0.2) is 0 Å². The second-order valence-corrected chi connectivity index (χ2v) is 5.43. The lowest BCUT2D eigenvalue weighted by atomic mass is 10.3. The predicted molar refractivity (Wildman–Crippen MR) is 76.6 cm³/mol. The number of benzene rings is 1. The van der Waals surface area contributed by atoms with Crippen LogP contribution in [-0.4, -0.2) is 50.7 Å². The number of halogens is 4. The predicted octanol–water partition coefficient (Wildman–Crippen LogP) is 3.09. The van der Waals surface area contributed by atoms with Gasteiger partial charge >= 0.3 is 6.36 Å². The third-order valence-electron chi connectivity index (χ3n) is 3.02. The molecule has 0 unspecified atom stereocenters. The zero-order chi connectivity index (χ0) is 15.3. The molecule has 118 valence electrons. The highest BCUT2D eigenvalue weighted by Gasteiger charge is 2.31. The van der Waals surface area contributed by atoms with Crippen LogP contribution in [0.3, 0.4) is 0 Å². The van der Waals surface area contributed by atoms with E-state index in [4.69, 9.17) is 4.74 Å². The second-order valence-electron chi connectivity index (χ2n) is 4.57. The smallest absolute Gasteiger partial charge is 0.405 e. The summed E-state index contributed by atoms with van der Waals surface area (Å²) in [5.74, 6) is -0.249. The average molecular weight is 369 g/mol. The van der Waals surface area contributed by atoms with Crippen LogP contribution in [0.1, 0.15) is 0 Å². The van der Waals surface area contributed by atoms with Gasteiger partial charge < -0.3 is 14.8 Å². The summed E-state index contributed by atoms with van der Waals surface area (Å²) >= 11 is 3.08. The fourth-order valence-corrected chi connectivity index (χ4v) is 2.46. The second kappa shape index (κ2) is 7.33. The molecule has 0 aromatic heterocycles. The van der Waals surface area contributed by atoms with Gasteiger partial charge in [0, 0.05) is 31.9 Å². The molecule has 0 atom stereocenters. The molecule has 1 aromatic rings. The van der Waals surface area contributed by atoms with Crippen molar-refractivity contribution in [2.45, 2.75) is 6.36 Å². The molecule has 8 heteroatoms. The van der Waals surface area contributed by atoms with Gasteiger partial charge in [-0.15, -0.1) is 13.2 Å². The first-order valence-corrected chi connectivity index (χ1v) is 7.32. The minimum atomic E-state index is -4.69. The number of rotatable bonds is 5. The van der Waals surface area contributed by atoms with Crippen molar-refractivity contribution in [2.24, 2.45) is 0 Å². The number of morpholine rings is 1. The van der Waals surface area contributed by atoms with E-state index in [1.807, 2.05) is 0 Å². The van der Waals surface area contributed by atoms with E-state index >= 15 is 0 Å². The van der Waals surface area contributed by atoms with E-state index in [-0.39, 0.29) is 10.2 Å². The van der Waals surface area contributed by atoms with Crippen molar-refractivity contribution in [2.75, 3.05) is 44.7 Å². The van der Waals surface area contributed by atoms with Gasteiger partial charge in [-0.1, -0.05) is 0 Å². The maximum atomic E-state index is 12.2. The molecule has 1 aromatic carbocycles. The Morgan fingerprint density at radius 3 is 2.62 bits per heavy atom. The third kappa shape index (κ3) is 5.72. The first-order valence-electron chi connectivity index (χ1n) is 6.53. The van der Waals surface area contributed by atoms with Gasteiger partial charge in [0.25, 0.3) is 0 Å². The molecule has 21 heavy (non-hydrogen) atoms. The summed E-state index contributed by atoms with van der Waals surface area (Å²) in [6.07, 6.45) is -4.69. The summed E-state index contributed by atoms with van der Waals surface area (Å²) in [5, 5.41) is 3.17. The van der Waals surface area contributed by atoms with E-state index in [1.165, 1.54) is 6.07 Å². The average Bonchev–Trinajstić information content (AvgIpc) is 2.42. The van der Waals surface area contributed by atoms with Gasteiger partial charge in [-0.05, 0) is 34.1 Å². The summed E-state index contributed by atoms with van der Waals surface area (Å²) < 4.78 is 45.9. The third-order valence-corrected chi connectivity index (χ3v) is 3.64. The first kappa shape index (κ1) is 16.4. The van der Waals surface area contributed by atoms with Crippen molar-refractivity contribution in [1.82, 2.24) is 4.90 Å². The summed E-state index contributed by atoms with van der Waals surface area (Å²) in [6.45, 7) is 4.88. The zero-order valence-corrected chi connectivity index (χ0v) is 12.8. The summed E-state index contributed by atoms with van der Waals surface area (Å²) in [6, 6.07) is 4.42. The van der Waals surface area contributed by atoms with Crippen LogP contribution in [0.2, 0.25) is 0 Å². The molecule has 1 heterocycles. The number of hydrogen-bond acceptors (Lipinski definition) is 4. The molecule has 0 saturated carbocycles. The lowest BCUT2D eigenvalue weighted by Gasteiger charge is -2.26. The lowest BCUT2D eigenvalue weighted by Crippen LogP contribution is -2.39. The summed E-state index contributed by atoms with van der Waals surface area (Å²) in [4.78, 5) is 2.27. The standard InChI is InChI=1S/C13H16BrF3N2O2/c14-11-9-10(1-2-12(11)21-13(15,16)17)18-3-4-19-5-7-20-8-6-19/h1-2,9,18H,3-8H2. The van der Waals surface area contributed by atoms with E-state index in [2.05, 4.69) is 30.9 Å². The van der Waals surface area contributed by atoms with Gasteiger partial charge in [0.05, 0.1) is 17.7 Å². The molecule has 0 aliphatic carbocycles. The Hall–Kier alpha value is -0.990. The molecule has 1 aliphatic heterocycles. The highest BCUT2D eigenvalue weighted by Crippen LogP contribution is 2.32. The Balaban J connectivity index is 1.82. The van der Waals surface area contributed by atoms with Crippen molar-refractivity contribution in [3.63, 3.8) is 0 Å². The number of nitrogens with one attached hydrogen (secondary N) is 1. The zero-order valence-electron chi connectivity index (χ0n) is 11.3. The number of anilines is 1. The van der Waals surface area contributed by atoms with Crippen molar-refractivity contribution >= 4 is 21.6 Å². The summed E-state index contributed by atoms with van der Waals surface area (Å²) in [5.41, 5.74) is 0.740. The Morgan fingerprint density at radius 1 is 1.29 bits per heavy atom. The van der Waals surface area contributed by atoms with Gasteiger partial charge in [0.1, 0.15) is 5.75 Å². The topological polar surface area (TPSA) is 33.7 Å². The first-order chi connectivity index (χ1) is 9.94. The molecule has 1 saturated heterocycles. The van der Waals surface area contributed by atoms with Crippen LogP contribution in [0.4, 0.5) is 18.9 Å². The van der Waals surface area contributed by atoms with Crippen LogP contribution >= 0.6 is 15.9 Å². The molecule has 4 nitrogen and oxygen atoms in total. The van der Waals surface area contributed by atoms with E-state index in [0.717, 1.165) is 38.5 Å². The Kier molecular flexibility index (Phi) is 5.72. The van der Waals surface area contributed by atoms with Crippen molar-refractivity contribution in [3.8, 4) is 5.75 Å². The van der Waals surface area contributed by atoms with E-state index in [0.29, 0.717) is 6.54 Å². The Bertz CT molecular complexity index is 465. The van der Waals surface area contributed by atoms with E-state index in [1.54, 1.807) is 12.1 Å². The van der Waals surface area contributed by atoms with Crippen LogP contribution in [0, 0.1) is 0 Å². The quantitative estimate of drug-likeness (QED) is 0.865. The molecule has 2 rings (SSSR count). The lowest BCUT2D eigenvalue weighted by molar-refractivity contribution is -0.274. The molecule has 1 N–H and O–H groups in total. The highest BCUT2D eigenvalue weighted by molar-refractivity contribution is 9.10. The number of nitrogens with zero attached hydrogens (tertiary/aromatic N) is 1. The fourth-order valence-electron chi connectivity index (χ4n) is 2.00. The molecule has 1 aliphatic rings. The minimum Gasteiger partial charge on any atom is -0.405 e. The molecular weight excluding hydrogens is 353 g/mol. The van der Waals surface area contributed by atoms with Crippen LogP contribution in [0.25, 0.3) is 0 Å². The van der Waals surface area contributed by atoms with Crippen LogP contribution < -0.4 is 10.1 Å². The largest absolute Gasteiger partial charge is 0.573 e. The summed E-state index contributed by atoms with van der Waals surface area (Å²) in [7, 11) is 0. The molecule has 0 bridgehead atoms. The van der Waals surface area contributed by atoms with Crippen molar-refractivity contribution < 1.29 is 22.6 Å². The van der Waals surface area contributed by atoms with Gasteiger partial charge in [-0.2, -0.15) is 0 Å². The fraction of sp³-hybridized carbons (Fsp3) is 0.538. The van der Waals surface area contributed by atoms with Crippen LogP contribution in [0.15, 0.2) is 22.7 Å². The van der Waals surface area contributed by atoms with E-state index < -0.39 is 6.36 Å². The van der Waals surface area contributed by atoms with Crippen molar-refractivity contribution in [1.29, 1.82) is 0 Å². The maximum absolute atomic E-state index is 12.2. The molecule has 0 spiro atoms. The van der Waals surface area contributed by atoms with Gasteiger partial charge in [0.2, 0.25) is 0 Å². The van der Waals surface area contributed by atoms with Gasteiger partial charge in [0.15, 0.2) is 0 Å². The number of hydrogen-bond donors (Lipinski definition) is 1. The molecule has 0 amide bonds. The monoisotopic (exact) mass is 368 g/mol. The number of alkyl halides is 3. The van der Waals surface area contributed by atoms with E-state index in [9.17, 15) is 13.2 Å². The normalized spacial score (nSPS) is 16.8. The minimum absolute atomic E-state index is 0.249. The molecular formula is C13H16BrF3N2O2. The SMILES string of the molecule is FC(F)(F)Oc1ccc(NCCN2CCOCC2)cc1Br.